The third-order valence-corrected chi connectivity index (χ3v) is 3.30. The lowest BCUT2D eigenvalue weighted by atomic mass is 9.96. The van der Waals surface area contributed by atoms with Gasteiger partial charge in [-0.1, -0.05) is 20.8 Å². The van der Waals surface area contributed by atoms with Crippen LogP contribution in [0, 0.1) is 0 Å². The van der Waals surface area contributed by atoms with Crippen LogP contribution in [0.5, 0.6) is 0 Å². The summed E-state index contributed by atoms with van der Waals surface area (Å²) in [5, 5.41) is 6.51. The zero-order valence-electron chi connectivity index (χ0n) is 12.2. The van der Waals surface area contributed by atoms with E-state index in [1.807, 2.05) is 24.9 Å². The molecule has 1 heterocycles. The SMILES string of the molecule is CNc1cc(NC(C)CSC)nc(C(C)(C)C)n1. The molecule has 0 saturated heterocycles. The molecule has 0 bridgehead atoms. The summed E-state index contributed by atoms with van der Waals surface area (Å²) in [5.41, 5.74) is -0.0496. The second-order valence-electron chi connectivity index (χ2n) is 5.46. The van der Waals surface area contributed by atoms with Crippen molar-refractivity contribution >= 4 is 23.4 Å². The molecular weight excluding hydrogens is 244 g/mol. The van der Waals surface area contributed by atoms with Crippen molar-refractivity contribution in [1.82, 2.24) is 9.97 Å². The summed E-state index contributed by atoms with van der Waals surface area (Å²) in [5.74, 6) is 3.66. The number of hydrogen-bond donors (Lipinski definition) is 2. The van der Waals surface area contributed by atoms with Crippen LogP contribution in [-0.2, 0) is 5.41 Å². The molecular formula is C13H24N4S. The van der Waals surface area contributed by atoms with Crippen molar-refractivity contribution < 1.29 is 0 Å². The first-order valence-electron chi connectivity index (χ1n) is 6.19. The summed E-state index contributed by atoms with van der Waals surface area (Å²) in [6.07, 6.45) is 2.11. The highest BCUT2D eigenvalue weighted by Crippen LogP contribution is 2.22. The molecule has 4 nitrogen and oxygen atoms in total. The van der Waals surface area contributed by atoms with Gasteiger partial charge in [-0.3, -0.25) is 0 Å². The Labute approximate surface area is 114 Å². The average Bonchev–Trinajstić information content (AvgIpc) is 2.27. The van der Waals surface area contributed by atoms with E-state index in [2.05, 4.69) is 54.6 Å². The smallest absolute Gasteiger partial charge is 0.138 e. The number of aromatic nitrogens is 2. The normalized spacial score (nSPS) is 13.2. The minimum atomic E-state index is -0.0496. The van der Waals surface area contributed by atoms with E-state index in [-0.39, 0.29) is 5.41 Å². The van der Waals surface area contributed by atoms with Crippen molar-refractivity contribution in [1.29, 1.82) is 0 Å². The van der Waals surface area contributed by atoms with Gasteiger partial charge in [0.2, 0.25) is 0 Å². The van der Waals surface area contributed by atoms with Crippen LogP contribution in [0.4, 0.5) is 11.6 Å². The predicted octanol–water partition coefficient (Wildman–Crippen LogP) is 2.98. The largest absolute Gasteiger partial charge is 0.373 e. The number of nitrogens with one attached hydrogen (secondary N) is 2. The van der Waals surface area contributed by atoms with Crippen molar-refractivity contribution in [3.05, 3.63) is 11.9 Å². The Morgan fingerprint density at radius 1 is 1.28 bits per heavy atom. The molecule has 0 aromatic carbocycles. The van der Waals surface area contributed by atoms with Gasteiger partial charge < -0.3 is 10.6 Å². The molecule has 0 aliphatic heterocycles. The van der Waals surface area contributed by atoms with Crippen LogP contribution < -0.4 is 10.6 Å². The van der Waals surface area contributed by atoms with Crippen LogP contribution in [-0.4, -0.2) is 35.1 Å². The Morgan fingerprint density at radius 2 is 1.89 bits per heavy atom. The molecule has 1 aromatic heterocycles. The maximum atomic E-state index is 4.60. The number of nitrogens with zero attached hydrogens (tertiary/aromatic N) is 2. The van der Waals surface area contributed by atoms with E-state index in [0.717, 1.165) is 23.2 Å². The van der Waals surface area contributed by atoms with Crippen LogP contribution in [0.1, 0.15) is 33.5 Å². The van der Waals surface area contributed by atoms with Crippen molar-refractivity contribution in [2.24, 2.45) is 0 Å². The summed E-state index contributed by atoms with van der Waals surface area (Å²) >= 11 is 1.83. The molecule has 0 fully saturated rings. The molecule has 0 spiro atoms. The molecule has 0 aliphatic carbocycles. The maximum absolute atomic E-state index is 4.60. The number of hydrogen-bond acceptors (Lipinski definition) is 5. The van der Waals surface area contributed by atoms with Crippen LogP contribution in [0.3, 0.4) is 0 Å². The van der Waals surface area contributed by atoms with Crippen LogP contribution in [0.2, 0.25) is 0 Å². The summed E-state index contributed by atoms with van der Waals surface area (Å²) < 4.78 is 0. The molecule has 102 valence electrons. The van der Waals surface area contributed by atoms with Crippen molar-refractivity contribution in [2.75, 3.05) is 29.7 Å². The van der Waals surface area contributed by atoms with Gasteiger partial charge in [0.15, 0.2) is 0 Å². The molecule has 0 saturated carbocycles. The van der Waals surface area contributed by atoms with Gasteiger partial charge >= 0.3 is 0 Å². The fourth-order valence-electron chi connectivity index (χ4n) is 1.53. The van der Waals surface area contributed by atoms with Crippen LogP contribution in [0.15, 0.2) is 6.07 Å². The van der Waals surface area contributed by atoms with E-state index >= 15 is 0 Å². The van der Waals surface area contributed by atoms with E-state index < -0.39 is 0 Å². The van der Waals surface area contributed by atoms with E-state index in [4.69, 9.17) is 0 Å². The van der Waals surface area contributed by atoms with E-state index in [1.54, 1.807) is 0 Å². The van der Waals surface area contributed by atoms with Gasteiger partial charge in [-0.15, -0.1) is 0 Å². The molecule has 2 N–H and O–H groups in total. The number of thioether (sulfide) groups is 1. The highest BCUT2D eigenvalue weighted by atomic mass is 32.2. The Kier molecular flexibility index (Phi) is 5.26. The zero-order chi connectivity index (χ0) is 13.8. The Balaban J connectivity index is 2.97. The minimum absolute atomic E-state index is 0.0496. The van der Waals surface area contributed by atoms with E-state index in [9.17, 15) is 0 Å². The zero-order valence-corrected chi connectivity index (χ0v) is 13.0. The molecule has 1 rings (SSSR count). The maximum Gasteiger partial charge on any atom is 0.138 e. The van der Waals surface area contributed by atoms with E-state index in [1.165, 1.54) is 0 Å². The summed E-state index contributed by atoms with van der Waals surface area (Å²) in [6.45, 7) is 8.53. The van der Waals surface area contributed by atoms with Gasteiger partial charge in [-0.25, -0.2) is 9.97 Å². The van der Waals surface area contributed by atoms with Crippen molar-refractivity contribution in [2.45, 2.75) is 39.2 Å². The molecule has 18 heavy (non-hydrogen) atoms. The monoisotopic (exact) mass is 268 g/mol. The molecule has 0 amide bonds. The van der Waals surface area contributed by atoms with Gasteiger partial charge in [0, 0.05) is 30.3 Å². The minimum Gasteiger partial charge on any atom is -0.373 e. The highest BCUT2D eigenvalue weighted by molar-refractivity contribution is 7.98. The quantitative estimate of drug-likeness (QED) is 0.860. The summed E-state index contributed by atoms with van der Waals surface area (Å²) in [6, 6.07) is 2.35. The molecule has 1 unspecified atom stereocenters. The first-order valence-corrected chi connectivity index (χ1v) is 7.59. The topological polar surface area (TPSA) is 49.8 Å². The lowest BCUT2D eigenvalue weighted by Crippen LogP contribution is -2.22. The lowest BCUT2D eigenvalue weighted by Gasteiger charge is -2.20. The third kappa shape index (κ3) is 4.37. The fraction of sp³-hybridized carbons (Fsp3) is 0.692. The van der Waals surface area contributed by atoms with Gasteiger partial charge in [-0.2, -0.15) is 11.8 Å². The third-order valence-electron chi connectivity index (χ3n) is 2.46. The lowest BCUT2D eigenvalue weighted by molar-refractivity contribution is 0.546. The molecule has 1 atom stereocenters. The van der Waals surface area contributed by atoms with Crippen LogP contribution in [0.25, 0.3) is 0 Å². The predicted molar refractivity (Wildman–Crippen MR) is 81.7 cm³/mol. The first-order chi connectivity index (χ1) is 8.36. The van der Waals surface area contributed by atoms with Crippen molar-refractivity contribution in [3.8, 4) is 0 Å². The van der Waals surface area contributed by atoms with Crippen LogP contribution >= 0.6 is 11.8 Å². The molecule has 5 heteroatoms. The van der Waals surface area contributed by atoms with E-state index in [0.29, 0.717) is 6.04 Å². The van der Waals surface area contributed by atoms with Gasteiger partial charge in [0.1, 0.15) is 17.5 Å². The highest BCUT2D eigenvalue weighted by Gasteiger charge is 2.19. The fourth-order valence-corrected chi connectivity index (χ4v) is 2.11. The summed E-state index contributed by atoms with van der Waals surface area (Å²) in [7, 11) is 1.88. The standard InChI is InChI=1S/C13H24N4S/c1-9(8-18-6)15-11-7-10(14-5)16-12(17-11)13(2,3)4/h7,9H,8H2,1-6H3,(H2,14,15,16,17). The summed E-state index contributed by atoms with van der Waals surface area (Å²) in [4.78, 5) is 9.11. The Morgan fingerprint density at radius 3 is 2.39 bits per heavy atom. The second kappa shape index (κ2) is 6.27. The molecule has 0 radical (unpaired) electrons. The second-order valence-corrected chi connectivity index (χ2v) is 6.37. The van der Waals surface area contributed by atoms with Gasteiger partial charge in [0.25, 0.3) is 0 Å². The Hall–Kier alpha value is -0.970. The van der Waals surface area contributed by atoms with Gasteiger partial charge in [0.05, 0.1) is 0 Å². The number of rotatable bonds is 5. The van der Waals surface area contributed by atoms with Crippen molar-refractivity contribution in [3.63, 3.8) is 0 Å². The van der Waals surface area contributed by atoms with Gasteiger partial charge in [-0.05, 0) is 13.2 Å². The average molecular weight is 268 g/mol. The Bertz CT molecular complexity index is 387. The first kappa shape index (κ1) is 15.1. The molecule has 1 aromatic rings. The molecule has 0 aliphatic rings. The number of anilines is 2.